The van der Waals surface area contributed by atoms with Crippen molar-refractivity contribution in [2.45, 2.75) is 51.2 Å². The first-order valence-corrected chi connectivity index (χ1v) is 10.8. The van der Waals surface area contributed by atoms with E-state index in [0.29, 0.717) is 24.6 Å². The van der Waals surface area contributed by atoms with Gasteiger partial charge in [0.15, 0.2) is 0 Å². The highest BCUT2D eigenvalue weighted by atomic mass is 16.6. The van der Waals surface area contributed by atoms with Crippen molar-refractivity contribution in [1.29, 1.82) is 0 Å². The summed E-state index contributed by atoms with van der Waals surface area (Å²) in [4.78, 5) is 14.7. The van der Waals surface area contributed by atoms with Crippen LogP contribution in [-0.4, -0.2) is 47.3 Å². The highest BCUT2D eigenvalue weighted by molar-refractivity contribution is 5.75. The number of aliphatic hydroxyl groups is 1. The Morgan fingerprint density at radius 2 is 2.21 bits per heavy atom. The first-order chi connectivity index (χ1) is 13.8. The summed E-state index contributed by atoms with van der Waals surface area (Å²) in [6.07, 6.45) is 4.72. The molecule has 0 unspecified atom stereocenters. The van der Waals surface area contributed by atoms with Crippen molar-refractivity contribution in [1.82, 2.24) is 4.90 Å². The van der Waals surface area contributed by atoms with E-state index < -0.39 is 6.10 Å². The van der Waals surface area contributed by atoms with Crippen molar-refractivity contribution in [3.8, 4) is 5.75 Å². The van der Waals surface area contributed by atoms with Crippen LogP contribution in [0.25, 0.3) is 0 Å². The summed E-state index contributed by atoms with van der Waals surface area (Å²) in [5.74, 6) is 0.616. The molecule has 0 amide bonds. The molecule has 2 N–H and O–H groups in total. The van der Waals surface area contributed by atoms with Crippen LogP contribution in [0.2, 0.25) is 0 Å². The van der Waals surface area contributed by atoms with E-state index >= 15 is 0 Å². The molecule has 4 rings (SSSR count). The molecule has 0 bridgehead atoms. The standard InChI is InChI=1S/C24H33NO4/c1-15-6-5-9-24(2)12-22-18(11-20(15)24)19(23(28)29-22)13-25(3)14-21(27)16-7-4-8-17(26)10-16/h4,7-8,10,18-22,26-27H,1,5-6,9,11-14H2,2-3H3/t18-,19+,20+,21-,22-,24-/m1/s1. The molecule has 1 aromatic carbocycles. The van der Waals surface area contributed by atoms with Crippen LogP contribution < -0.4 is 0 Å². The second kappa shape index (κ2) is 7.77. The number of hydrogen-bond acceptors (Lipinski definition) is 5. The van der Waals surface area contributed by atoms with Crippen LogP contribution in [0.4, 0.5) is 0 Å². The van der Waals surface area contributed by atoms with Gasteiger partial charge in [0.05, 0.1) is 12.0 Å². The first-order valence-electron chi connectivity index (χ1n) is 10.8. The molecule has 29 heavy (non-hydrogen) atoms. The van der Waals surface area contributed by atoms with E-state index in [1.54, 1.807) is 24.3 Å². The van der Waals surface area contributed by atoms with Crippen molar-refractivity contribution < 1.29 is 19.7 Å². The normalized spacial score (nSPS) is 35.2. The van der Waals surface area contributed by atoms with Crippen LogP contribution in [0.15, 0.2) is 36.4 Å². The van der Waals surface area contributed by atoms with Gasteiger partial charge in [0, 0.05) is 19.0 Å². The van der Waals surface area contributed by atoms with Crippen LogP contribution in [-0.2, 0) is 9.53 Å². The minimum absolute atomic E-state index is 0.0176. The number of esters is 1. The third-order valence-corrected chi connectivity index (χ3v) is 7.57. The topological polar surface area (TPSA) is 70.0 Å². The van der Waals surface area contributed by atoms with E-state index in [0.717, 1.165) is 19.3 Å². The summed E-state index contributed by atoms with van der Waals surface area (Å²) in [7, 11) is 1.93. The van der Waals surface area contributed by atoms with Crippen molar-refractivity contribution in [2.75, 3.05) is 20.1 Å². The van der Waals surface area contributed by atoms with Gasteiger partial charge in [-0.25, -0.2) is 0 Å². The SMILES string of the molecule is C=C1CCC[C@]2(C)C[C@H]3OC(=O)[C@@H](CN(C)C[C@@H](O)c4cccc(O)c4)[C@H]3C[C@@H]12. The second-order valence-corrected chi connectivity index (χ2v) is 9.74. The average Bonchev–Trinajstić information content (AvgIpc) is 2.94. The third-order valence-electron chi connectivity index (χ3n) is 7.57. The van der Waals surface area contributed by atoms with Gasteiger partial charge in [-0.2, -0.15) is 0 Å². The highest BCUT2D eigenvalue weighted by Gasteiger charge is 2.55. The molecule has 2 aliphatic carbocycles. The minimum Gasteiger partial charge on any atom is -0.508 e. The summed E-state index contributed by atoms with van der Waals surface area (Å²) in [6.45, 7) is 7.67. The third kappa shape index (κ3) is 3.95. The van der Waals surface area contributed by atoms with Crippen molar-refractivity contribution in [3.63, 3.8) is 0 Å². The Kier molecular flexibility index (Phi) is 5.47. The lowest BCUT2D eigenvalue weighted by molar-refractivity contribution is -0.146. The first kappa shape index (κ1) is 20.4. The number of rotatable bonds is 5. The number of benzene rings is 1. The number of ether oxygens (including phenoxy) is 1. The predicted molar refractivity (Wildman–Crippen MR) is 111 cm³/mol. The zero-order valence-corrected chi connectivity index (χ0v) is 17.5. The van der Waals surface area contributed by atoms with E-state index in [-0.39, 0.29) is 35.1 Å². The number of aliphatic hydroxyl groups excluding tert-OH is 1. The van der Waals surface area contributed by atoms with E-state index in [1.807, 2.05) is 11.9 Å². The Hall–Kier alpha value is -1.85. The molecule has 0 aromatic heterocycles. The van der Waals surface area contributed by atoms with Gasteiger partial charge in [-0.3, -0.25) is 4.79 Å². The fourth-order valence-electron chi connectivity index (χ4n) is 6.01. The van der Waals surface area contributed by atoms with E-state index in [9.17, 15) is 15.0 Å². The lowest BCUT2D eigenvalue weighted by Gasteiger charge is -2.50. The van der Waals surface area contributed by atoms with E-state index in [1.165, 1.54) is 18.4 Å². The van der Waals surface area contributed by atoms with Crippen LogP contribution >= 0.6 is 0 Å². The zero-order chi connectivity index (χ0) is 20.8. The van der Waals surface area contributed by atoms with Gasteiger partial charge >= 0.3 is 5.97 Å². The molecule has 1 saturated heterocycles. The number of fused-ring (bicyclic) bond motifs is 2. The number of phenols is 1. The van der Waals surface area contributed by atoms with Gasteiger partial charge in [-0.1, -0.05) is 31.2 Å². The molecule has 0 radical (unpaired) electrons. The molecule has 6 atom stereocenters. The van der Waals surface area contributed by atoms with Crippen molar-refractivity contribution >= 4 is 5.97 Å². The number of aromatic hydroxyl groups is 1. The van der Waals surface area contributed by atoms with Gasteiger partial charge in [-0.15, -0.1) is 0 Å². The van der Waals surface area contributed by atoms with Crippen LogP contribution in [0.3, 0.4) is 0 Å². The Balaban J connectivity index is 1.42. The molecule has 1 aromatic rings. The molecule has 3 fully saturated rings. The van der Waals surface area contributed by atoms with Crippen molar-refractivity contribution in [2.24, 2.45) is 23.2 Å². The summed E-state index contributed by atoms with van der Waals surface area (Å²) >= 11 is 0. The highest BCUT2D eigenvalue weighted by Crippen LogP contribution is 2.56. The van der Waals surface area contributed by atoms with Crippen LogP contribution in [0.1, 0.15) is 50.7 Å². The number of allylic oxidation sites excluding steroid dienone is 1. The number of phenolic OH excluding ortho intramolecular Hbond substituents is 1. The minimum atomic E-state index is -0.715. The lowest BCUT2D eigenvalue weighted by Crippen LogP contribution is -2.45. The second-order valence-electron chi connectivity index (χ2n) is 9.74. The summed E-state index contributed by atoms with van der Waals surface area (Å²) in [6, 6.07) is 6.69. The largest absolute Gasteiger partial charge is 0.508 e. The van der Waals surface area contributed by atoms with Crippen molar-refractivity contribution in [3.05, 3.63) is 42.0 Å². The van der Waals surface area contributed by atoms with Gasteiger partial charge < -0.3 is 19.8 Å². The summed E-state index contributed by atoms with van der Waals surface area (Å²) in [5.41, 5.74) is 2.24. The monoisotopic (exact) mass is 399 g/mol. The number of likely N-dealkylation sites (N-methyl/N-ethyl adjacent to an activating group) is 1. The average molecular weight is 400 g/mol. The Morgan fingerprint density at radius 1 is 1.41 bits per heavy atom. The molecule has 158 valence electrons. The Morgan fingerprint density at radius 3 is 2.97 bits per heavy atom. The number of hydrogen-bond donors (Lipinski definition) is 2. The fraction of sp³-hybridized carbons (Fsp3) is 0.625. The van der Waals surface area contributed by atoms with Gasteiger partial charge in [0.1, 0.15) is 11.9 Å². The van der Waals surface area contributed by atoms with Crippen LogP contribution in [0.5, 0.6) is 5.75 Å². The Labute approximate surface area is 173 Å². The smallest absolute Gasteiger partial charge is 0.310 e. The number of carbonyl (C=O) groups excluding carboxylic acids is 1. The fourth-order valence-corrected chi connectivity index (χ4v) is 6.01. The van der Waals surface area contributed by atoms with Gasteiger partial charge in [0.25, 0.3) is 0 Å². The summed E-state index contributed by atoms with van der Waals surface area (Å²) in [5, 5.41) is 20.2. The molecule has 5 nitrogen and oxygen atoms in total. The maximum absolute atomic E-state index is 12.7. The maximum atomic E-state index is 12.7. The van der Waals surface area contributed by atoms with Crippen LogP contribution in [0, 0.1) is 23.2 Å². The maximum Gasteiger partial charge on any atom is 0.310 e. The molecule has 1 aliphatic heterocycles. The zero-order valence-electron chi connectivity index (χ0n) is 17.5. The molecule has 3 aliphatic rings. The summed E-state index contributed by atoms with van der Waals surface area (Å²) < 4.78 is 5.84. The predicted octanol–water partition coefficient (Wildman–Crippen LogP) is 3.67. The molecule has 2 saturated carbocycles. The number of carbonyl (C=O) groups is 1. The molecular formula is C24H33NO4. The number of nitrogens with zero attached hydrogens (tertiary/aromatic N) is 1. The van der Waals surface area contributed by atoms with E-state index in [2.05, 4.69) is 13.5 Å². The molecule has 0 spiro atoms. The molecular weight excluding hydrogens is 366 g/mol. The molecule has 1 heterocycles. The Bertz CT molecular complexity index is 793. The van der Waals surface area contributed by atoms with Gasteiger partial charge in [-0.05, 0) is 68.2 Å². The van der Waals surface area contributed by atoms with E-state index in [4.69, 9.17) is 4.74 Å². The lowest BCUT2D eigenvalue weighted by atomic mass is 9.55. The van der Waals surface area contributed by atoms with Gasteiger partial charge in [0.2, 0.25) is 0 Å². The molecule has 5 heteroatoms. The quantitative estimate of drug-likeness (QED) is 0.584.